The number of nitrogens with zero attached hydrogens (tertiary/aromatic N) is 4. The van der Waals surface area contributed by atoms with Gasteiger partial charge in [-0.3, -0.25) is 9.78 Å². The number of carbonyl (C=O) groups is 1. The van der Waals surface area contributed by atoms with Gasteiger partial charge in [0.1, 0.15) is 0 Å². The summed E-state index contributed by atoms with van der Waals surface area (Å²) in [6.07, 6.45) is 4.92. The molecule has 2 rings (SSSR count). The third-order valence-electron chi connectivity index (χ3n) is 2.44. The molecule has 0 radical (unpaired) electrons. The molecule has 0 spiro atoms. The second-order valence-electron chi connectivity index (χ2n) is 3.69. The number of rotatable bonds is 2. The van der Waals surface area contributed by atoms with E-state index >= 15 is 0 Å². The number of halogens is 2. The zero-order chi connectivity index (χ0) is 13.3. The summed E-state index contributed by atoms with van der Waals surface area (Å²) in [5.41, 5.74) is 1.41. The summed E-state index contributed by atoms with van der Waals surface area (Å²) >= 11 is 9.20. The minimum absolute atomic E-state index is 0.0699. The summed E-state index contributed by atoms with van der Waals surface area (Å²) in [6.45, 7) is 1.49. The third kappa shape index (κ3) is 2.54. The van der Waals surface area contributed by atoms with E-state index < -0.39 is 0 Å². The zero-order valence-electron chi connectivity index (χ0n) is 9.76. The maximum atomic E-state index is 11.3. The molecule has 0 atom stereocenters. The van der Waals surface area contributed by atoms with E-state index in [4.69, 9.17) is 11.6 Å². The van der Waals surface area contributed by atoms with Crippen LogP contribution in [0.5, 0.6) is 0 Å². The monoisotopic (exact) mass is 328 g/mol. The van der Waals surface area contributed by atoms with E-state index in [9.17, 15) is 4.79 Å². The van der Waals surface area contributed by atoms with Gasteiger partial charge in [-0.05, 0) is 22.0 Å². The normalized spacial score (nSPS) is 10.4. The second kappa shape index (κ2) is 5.07. The van der Waals surface area contributed by atoms with Crippen LogP contribution in [-0.2, 0) is 4.79 Å². The zero-order valence-corrected chi connectivity index (χ0v) is 12.1. The van der Waals surface area contributed by atoms with Crippen LogP contribution in [0, 0.1) is 0 Å². The fourth-order valence-corrected chi connectivity index (χ4v) is 2.10. The number of amides is 1. The molecule has 0 aromatic carbocycles. The van der Waals surface area contributed by atoms with Gasteiger partial charge in [0.15, 0.2) is 4.60 Å². The van der Waals surface area contributed by atoms with Crippen LogP contribution in [0.25, 0.3) is 5.69 Å². The Balaban J connectivity index is 2.43. The molecule has 0 aliphatic heterocycles. The molecule has 18 heavy (non-hydrogen) atoms. The van der Waals surface area contributed by atoms with Crippen LogP contribution in [0.2, 0.25) is 5.02 Å². The molecular weight excluding hydrogens is 320 g/mol. The van der Waals surface area contributed by atoms with E-state index in [1.807, 2.05) is 0 Å². The fourth-order valence-electron chi connectivity index (χ4n) is 1.40. The highest BCUT2D eigenvalue weighted by Crippen LogP contribution is 2.25. The van der Waals surface area contributed by atoms with Crippen molar-refractivity contribution in [1.82, 2.24) is 14.8 Å². The van der Waals surface area contributed by atoms with Gasteiger partial charge in [0.05, 0.1) is 28.8 Å². The largest absolute Gasteiger partial charge is 0.312 e. The minimum atomic E-state index is -0.0699. The molecule has 0 saturated heterocycles. The Hall–Kier alpha value is -1.40. The van der Waals surface area contributed by atoms with Crippen molar-refractivity contribution in [3.63, 3.8) is 0 Å². The molecule has 2 aromatic heterocycles. The first-order valence-corrected chi connectivity index (χ1v) is 6.26. The highest BCUT2D eigenvalue weighted by molar-refractivity contribution is 9.10. The van der Waals surface area contributed by atoms with Gasteiger partial charge < -0.3 is 4.90 Å². The lowest BCUT2D eigenvalue weighted by molar-refractivity contribution is -0.116. The molecule has 94 valence electrons. The van der Waals surface area contributed by atoms with E-state index in [1.165, 1.54) is 11.8 Å². The summed E-state index contributed by atoms with van der Waals surface area (Å²) in [4.78, 5) is 16.8. The number of carbonyl (C=O) groups excluding carboxylic acids is 1. The first kappa shape index (κ1) is 13.0. The molecule has 1 amide bonds. The van der Waals surface area contributed by atoms with Gasteiger partial charge in [0, 0.05) is 20.2 Å². The predicted octanol–water partition coefficient (Wildman–Crippen LogP) is 2.67. The molecule has 0 saturated carbocycles. The summed E-state index contributed by atoms with van der Waals surface area (Å²) in [6, 6.07) is 1.74. The van der Waals surface area contributed by atoms with Crippen LogP contribution in [0.15, 0.2) is 29.3 Å². The lowest BCUT2D eigenvalue weighted by Gasteiger charge is -2.11. The average Bonchev–Trinajstić information content (AvgIpc) is 2.70. The van der Waals surface area contributed by atoms with Crippen LogP contribution in [0.1, 0.15) is 6.92 Å². The van der Waals surface area contributed by atoms with E-state index in [0.29, 0.717) is 15.3 Å². The first-order chi connectivity index (χ1) is 8.49. The maximum Gasteiger partial charge on any atom is 0.223 e. The van der Waals surface area contributed by atoms with Crippen molar-refractivity contribution in [1.29, 1.82) is 0 Å². The Bertz CT molecular complexity index is 598. The van der Waals surface area contributed by atoms with Crippen molar-refractivity contribution >= 4 is 39.1 Å². The van der Waals surface area contributed by atoms with Crippen molar-refractivity contribution in [3.05, 3.63) is 34.3 Å². The standard InChI is InChI=1S/C11H10BrClN4O/c1-7(18)16(2)10-6-17(15-11(10)12)9-3-8(13)4-14-5-9/h3-6H,1-2H3. The van der Waals surface area contributed by atoms with Crippen molar-refractivity contribution in [2.75, 3.05) is 11.9 Å². The van der Waals surface area contributed by atoms with Gasteiger partial charge in [-0.1, -0.05) is 11.6 Å². The van der Waals surface area contributed by atoms with E-state index in [0.717, 1.165) is 5.69 Å². The van der Waals surface area contributed by atoms with Crippen LogP contribution in [-0.4, -0.2) is 27.7 Å². The lowest BCUT2D eigenvalue weighted by Crippen LogP contribution is -2.22. The highest BCUT2D eigenvalue weighted by Gasteiger charge is 2.14. The molecule has 0 fully saturated rings. The highest BCUT2D eigenvalue weighted by atomic mass is 79.9. The predicted molar refractivity (Wildman–Crippen MR) is 73.2 cm³/mol. The van der Waals surface area contributed by atoms with E-state index in [1.54, 1.807) is 36.4 Å². The van der Waals surface area contributed by atoms with Crippen LogP contribution < -0.4 is 4.90 Å². The smallest absolute Gasteiger partial charge is 0.223 e. The molecule has 2 aromatic rings. The van der Waals surface area contributed by atoms with Crippen molar-refractivity contribution < 1.29 is 4.79 Å². The molecule has 0 unspecified atom stereocenters. The molecule has 7 heteroatoms. The Morgan fingerprint density at radius 1 is 1.50 bits per heavy atom. The van der Waals surface area contributed by atoms with Crippen LogP contribution >= 0.6 is 27.5 Å². The quantitative estimate of drug-likeness (QED) is 0.851. The molecular formula is C11H10BrClN4O. The second-order valence-corrected chi connectivity index (χ2v) is 4.88. The summed E-state index contributed by atoms with van der Waals surface area (Å²) in [7, 11) is 1.69. The van der Waals surface area contributed by atoms with Gasteiger partial charge in [0.2, 0.25) is 5.91 Å². The average molecular weight is 330 g/mol. The topological polar surface area (TPSA) is 51.0 Å². The number of anilines is 1. The van der Waals surface area contributed by atoms with Gasteiger partial charge in [-0.2, -0.15) is 5.10 Å². The Labute approximate surface area is 118 Å². The summed E-state index contributed by atoms with van der Waals surface area (Å²) < 4.78 is 2.19. The Kier molecular flexibility index (Phi) is 3.68. The third-order valence-corrected chi connectivity index (χ3v) is 3.21. The maximum absolute atomic E-state index is 11.3. The molecule has 5 nitrogen and oxygen atoms in total. The first-order valence-electron chi connectivity index (χ1n) is 5.09. The van der Waals surface area contributed by atoms with Crippen LogP contribution in [0.3, 0.4) is 0 Å². The summed E-state index contributed by atoms with van der Waals surface area (Å²) in [5.74, 6) is -0.0699. The van der Waals surface area contributed by atoms with E-state index in [2.05, 4.69) is 26.0 Å². The molecule has 0 aliphatic rings. The van der Waals surface area contributed by atoms with Gasteiger partial charge in [0.25, 0.3) is 0 Å². The fraction of sp³-hybridized carbons (Fsp3) is 0.182. The minimum Gasteiger partial charge on any atom is -0.312 e. The lowest BCUT2D eigenvalue weighted by atomic mass is 10.4. The Morgan fingerprint density at radius 2 is 2.22 bits per heavy atom. The Morgan fingerprint density at radius 3 is 2.83 bits per heavy atom. The van der Waals surface area contributed by atoms with Gasteiger partial charge in [-0.15, -0.1) is 0 Å². The van der Waals surface area contributed by atoms with Crippen molar-refractivity contribution in [2.45, 2.75) is 6.92 Å². The number of hydrogen-bond acceptors (Lipinski definition) is 3. The molecule has 0 aliphatic carbocycles. The van der Waals surface area contributed by atoms with E-state index in [-0.39, 0.29) is 5.91 Å². The van der Waals surface area contributed by atoms with Gasteiger partial charge in [-0.25, -0.2) is 4.68 Å². The summed E-state index contributed by atoms with van der Waals surface area (Å²) in [5, 5.41) is 4.79. The number of pyridine rings is 1. The number of hydrogen-bond donors (Lipinski definition) is 0. The number of aromatic nitrogens is 3. The molecule has 0 bridgehead atoms. The van der Waals surface area contributed by atoms with Crippen molar-refractivity contribution in [3.8, 4) is 5.69 Å². The van der Waals surface area contributed by atoms with Crippen molar-refractivity contribution in [2.24, 2.45) is 0 Å². The molecule has 2 heterocycles. The molecule has 0 N–H and O–H groups in total. The van der Waals surface area contributed by atoms with Gasteiger partial charge >= 0.3 is 0 Å². The van der Waals surface area contributed by atoms with Crippen LogP contribution in [0.4, 0.5) is 5.69 Å². The SMILES string of the molecule is CC(=O)N(C)c1cn(-c2cncc(Cl)c2)nc1Br.